The Labute approximate surface area is 118 Å². The van der Waals surface area contributed by atoms with E-state index in [0.717, 1.165) is 44.0 Å². The van der Waals surface area contributed by atoms with Gasteiger partial charge in [-0.2, -0.15) is 5.10 Å². The van der Waals surface area contributed by atoms with E-state index in [1.165, 1.54) is 0 Å². The quantitative estimate of drug-likeness (QED) is 0.895. The zero-order valence-electron chi connectivity index (χ0n) is 11.9. The Morgan fingerprint density at radius 1 is 1.55 bits per heavy atom. The summed E-state index contributed by atoms with van der Waals surface area (Å²) in [5.74, 6) is 0.227. The van der Waals surface area contributed by atoms with Crippen LogP contribution in [-0.4, -0.2) is 47.9 Å². The SMILES string of the molecule is COCc1cc(CN2C[C@@]3(CCOC3)CCC2=O)[nH]n1. The molecule has 1 atom stereocenters. The minimum Gasteiger partial charge on any atom is -0.381 e. The summed E-state index contributed by atoms with van der Waals surface area (Å²) in [7, 11) is 1.65. The lowest BCUT2D eigenvalue weighted by atomic mass is 9.79. The molecule has 2 aliphatic rings. The highest BCUT2D eigenvalue weighted by molar-refractivity contribution is 5.77. The number of hydrogen-bond acceptors (Lipinski definition) is 4. The number of aromatic nitrogens is 2. The molecule has 1 aromatic rings. The lowest BCUT2D eigenvalue weighted by Crippen LogP contribution is -2.46. The highest BCUT2D eigenvalue weighted by Crippen LogP contribution is 2.38. The number of hydrogen-bond donors (Lipinski definition) is 1. The maximum Gasteiger partial charge on any atom is 0.222 e. The largest absolute Gasteiger partial charge is 0.381 e. The highest BCUT2D eigenvalue weighted by atomic mass is 16.5. The lowest BCUT2D eigenvalue weighted by molar-refractivity contribution is -0.138. The summed E-state index contributed by atoms with van der Waals surface area (Å²) in [5, 5.41) is 7.16. The van der Waals surface area contributed by atoms with Crippen LogP contribution in [0.2, 0.25) is 0 Å². The first-order valence-corrected chi connectivity index (χ1v) is 7.08. The molecule has 0 saturated carbocycles. The summed E-state index contributed by atoms with van der Waals surface area (Å²) in [6.07, 6.45) is 2.65. The van der Waals surface area contributed by atoms with Crippen LogP contribution in [0.3, 0.4) is 0 Å². The molecule has 1 spiro atoms. The van der Waals surface area contributed by atoms with E-state index >= 15 is 0 Å². The third kappa shape index (κ3) is 2.71. The minimum atomic E-state index is 0.184. The maximum absolute atomic E-state index is 12.1. The van der Waals surface area contributed by atoms with Crippen LogP contribution >= 0.6 is 0 Å². The number of amides is 1. The number of carbonyl (C=O) groups excluding carboxylic acids is 1. The average Bonchev–Trinajstić information content (AvgIpc) is 3.05. The monoisotopic (exact) mass is 279 g/mol. The van der Waals surface area contributed by atoms with Crippen molar-refractivity contribution in [2.24, 2.45) is 5.41 Å². The van der Waals surface area contributed by atoms with Crippen molar-refractivity contribution in [1.29, 1.82) is 0 Å². The van der Waals surface area contributed by atoms with Gasteiger partial charge in [0.1, 0.15) is 0 Å². The average molecular weight is 279 g/mol. The molecule has 0 aromatic carbocycles. The molecular weight excluding hydrogens is 258 g/mol. The Kier molecular flexibility index (Phi) is 3.76. The zero-order chi connectivity index (χ0) is 14.0. The Bertz CT molecular complexity index is 480. The van der Waals surface area contributed by atoms with Crippen molar-refractivity contribution in [3.63, 3.8) is 0 Å². The summed E-state index contributed by atoms with van der Waals surface area (Å²) in [6.45, 7) is 3.49. The number of nitrogens with one attached hydrogen (secondary N) is 1. The van der Waals surface area contributed by atoms with Crippen molar-refractivity contribution in [3.05, 3.63) is 17.5 Å². The normalized spacial score (nSPS) is 26.6. The summed E-state index contributed by atoms with van der Waals surface area (Å²) in [6, 6.07) is 1.96. The molecule has 3 heterocycles. The van der Waals surface area contributed by atoms with Gasteiger partial charge in [-0.25, -0.2) is 0 Å². The molecule has 110 valence electrons. The van der Waals surface area contributed by atoms with Crippen molar-refractivity contribution in [2.75, 3.05) is 26.9 Å². The first-order chi connectivity index (χ1) is 9.71. The fraction of sp³-hybridized carbons (Fsp3) is 0.714. The third-order valence-electron chi connectivity index (χ3n) is 4.27. The number of likely N-dealkylation sites (tertiary alicyclic amines) is 1. The maximum atomic E-state index is 12.1. The standard InChI is InChI=1S/C14H21N3O3/c1-19-8-12-6-11(15-16-12)7-17-9-14(3-2-13(17)18)4-5-20-10-14/h6H,2-5,7-10H2,1H3,(H,15,16)/t14-/m0/s1. The third-order valence-corrected chi connectivity index (χ3v) is 4.27. The van der Waals surface area contributed by atoms with Crippen molar-refractivity contribution >= 4 is 5.91 Å². The Balaban J connectivity index is 1.66. The van der Waals surface area contributed by atoms with E-state index in [9.17, 15) is 4.79 Å². The molecule has 20 heavy (non-hydrogen) atoms. The van der Waals surface area contributed by atoms with Crippen molar-refractivity contribution < 1.29 is 14.3 Å². The first-order valence-electron chi connectivity index (χ1n) is 7.08. The molecule has 2 aliphatic heterocycles. The van der Waals surface area contributed by atoms with E-state index < -0.39 is 0 Å². The Morgan fingerprint density at radius 3 is 3.20 bits per heavy atom. The second-order valence-electron chi connectivity index (χ2n) is 5.87. The van der Waals surface area contributed by atoms with Crippen LogP contribution < -0.4 is 0 Å². The molecule has 3 rings (SSSR count). The van der Waals surface area contributed by atoms with Gasteiger partial charge in [-0.15, -0.1) is 0 Å². The molecule has 0 bridgehead atoms. The second-order valence-corrected chi connectivity index (χ2v) is 5.87. The summed E-state index contributed by atoms with van der Waals surface area (Å²) in [4.78, 5) is 14.0. The Morgan fingerprint density at radius 2 is 2.45 bits per heavy atom. The summed E-state index contributed by atoms with van der Waals surface area (Å²) < 4.78 is 10.6. The van der Waals surface area contributed by atoms with Gasteiger partial charge >= 0.3 is 0 Å². The van der Waals surface area contributed by atoms with Crippen LogP contribution in [0.25, 0.3) is 0 Å². The van der Waals surface area contributed by atoms with Crippen LogP contribution in [-0.2, 0) is 27.4 Å². The molecule has 0 aliphatic carbocycles. The lowest BCUT2D eigenvalue weighted by Gasteiger charge is -2.39. The van der Waals surface area contributed by atoms with Crippen LogP contribution in [0.4, 0.5) is 0 Å². The number of piperidine rings is 1. The van der Waals surface area contributed by atoms with Gasteiger partial charge in [0.2, 0.25) is 5.91 Å². The van der Waals surface area contributed by atoms with Gasteiger partial charge in [-0.05, 0) is 18.9 Å². The van der Waals surface area contributed by atoms with Gasteiger partial charge < -0.3 is 14.4 Å². The molecule has 6 heteroatoms. The number of nitrogens with zero attached hydrogens (tertiary/aromatic N) is 2. The van der Waals surface area contributed by atoms with E-state index in [1.807, 2.05) is 11.0 Å². The van der Waals surface area contributed by atoms with Crippen molar-refractivity contribution in [2.45, 2.75) is 32.4 Å². The fourth-order valence-corrected chi connectivity index (χ4v) is 3.14. The second kappa shape index (κ2) is 5.54. The van der Waals surface area contributed by atoms with E-state index in [0.29, 0.717) is 19.6 Å². The zero-order valence-corrected chi connectivity index (χ0v) is 11.9. The van der Waals surface area contributed by atoms with Crippen molar-refractivity contribution in [1.82, 2.24) is 15.1 Å². The van der Waals surface area contributed by atoms with Crippen LogP contribution in [0, 0.1) is 5.41 Å². The number of carbonyl (C=O) groups is 1. The molecule has 1 amide bonds. The number of rotatable bonds is 4. The van der Waals surface area contributed by atoms with Gasteiger partial charge in [0, 0.05) is 32.1 Å². The van der Waals surface area contributed by atoms with E-state index in [-0.39, 0.29) is 11.3 Å². The number of methoxy groups -OCH3 is 1. The topological polar surface area (TPSA) is 67.5 Å². The van der Waals surface area contributed by atoms with Crippen molar-refractivity contribution in [3.8, 4) is 0 Å². The van der Waals surface area contributed by atoms with E-state index in [2.05, 4.69) is 10.2 Å². The molecular formula is C14H21N3O3. The number of aromatic amines is 1. The molecule has 1 N–H and O–H groups in total. The number of H-pyrrole nitrogens is 1. The first kappa shape index (κ1) is 13.6. The van der Waals surface area contributed by atoms with Gasteiger partial charge in [0.15, 0.2) is 0 Å². The van der Waals surface area contributed by atoms with Gasteiger partial charge in [0.25, 0.3) is 0 Å². The smallest absolute Gasteiger partial charge is 0.222 e. The Hall–Kier alpha value is -1.40. The summed E-state index contributed by atoms with van der Waals surface area (Å²) >= 11 is 0. The predicted octanol–water partition coefficient (Wildman–Crippen LogP) is 1.09. The predicted molar refractivity (Wildman–Crippen MR) is 71.8 cm³/mol. The van der Waals surface area contributed by atoms with Crippen LogP contribution in [0.5, 0.6) is 0 Å². The number of ether oxygens (including phenoxy) is 2. The van der Waals surface area contributed by atoms with Crippen LogP contribution in [0.15, 0.2) is 6.07 Å². The van der Waals surface area contributed by atoms with Gasteiger partial charge in [0.05, 0.1) is 31.1 Å². The molecule has 2 saturated heterocycles. The van der Waals surface area contributed by atoms with Gasteiger partial charge in [-0.1, -0.05) is 0 Å². The summed E-state index contributed by atoms with van der Waals surface area (Å²) in [5.41, 5.74) is 2.01. The van der Waals surface area contributed by atoms with Crippen LogP contribution in [0.1, 0.15) is 30.7 Å². The van der Waals surface area contributed by atoms with Gasteiger partial charge in [-0.3, -0.25) is 9.89 Å². The molecule has 6 nitrogen and oxygen atoms in total. The van der Waals surface area contributed by atoms with E-state index in [4.69, 9.17) is 9.47 Å². The molecule has 1 aromatic heterocycles. The highest BCUT2D eigenvalue weighted by Gasteiger charge is 2.41. The minimum absolute atomic E-state index is 0.184. The van der Waals surface area contributed by atoms with E-state index in [1.54, 1.807) is 7.11 Å². The fourth-order valence-electron chi connectivity index (χ4n) is 3.14. The molecule has 0 radical (unpaired) electrons. The molecule has 2 fully saturated rings. The molecule has 0 unspecified atom stereocenters.